The highest BCUT2D eigenvalue weighted by atomic mass is 79.9. The van der Waals surface area contributed by atoms with Gasteiger partial charge in [0.2, 0.25) is 0 Å². The molecular weight excluding hydrogens is 438 g/mol. The van der Waals surface area contributed by atoms with Crippen LogP contribution in [-0.4, -0.2) is 24.5 Å². The lowest BCUT2D eigenvalue weighted by atomic mass is 10.1. The molecule has 2 aromatic carbocycles. The van der Waals surface area contributed by atoms with Gasteiger partial charge in [-0.3, -0.25) is 10.1 Å². The van der Waals surface area contributed by atoms with Crippen molar-refractivity contribution >= 4 is 38.3 Å². The molecule has 1 aromatic heterocycles. The molecule has 1 amide bonds. The maximum absolute atomic E-state index is 12.7. The summed E-state index contributed by atoms with van der Waals surface area (Å²) in [7, 11) is 1.59. The summed E-state index contributed by atoms with van der Waals surface area (Å²) < 4.78 is 5.95. The van der Waals surface area contributed by atoms with E-state index in [1.807, 2.05) is 18.2 Å². The average Bonchev–Trinajstić information content (AvgIpc) is 3.10. The van der Waals surface area contributed by atoms with E-state index in [1.54, 1.807) is 24.5 Å². The van der Waals surface area contributed by atoms with Gasteiger partial charge in [0, 0.05) is 16.5 Å². The zero-order valence-electron chi connectivity index (χ0n) is 15.5. The van der Waals surface area contributed by atoms with Crippen molar-refractivity contribution in [2.24, 2.45) is 0 Å². The second-order valence-electron chi connectivity index (χ2n) is 6.78. The van der Waals surface area contributed by atoms with Crippen LogP contribution in [0.2, 0.25) is 0 Å². The van der Waals surface area contributed by atoms with Gasteiger partial charge in [-0.1, -0.05) is 41.7 Å². The number of fused-ring (bicyclic) bond motifs is 1. The summed E-state index contributed by atoms with van der Waals surface area (Å²) in [5.41, 5.74) is 2.99. The van der Waals surface area contributed by atoms with E-state index in [-0.39, 0.29) is 5.91 Å². The van der Waals surface area contributed by atoms with E-state index in [4.69, 9.17) is 4.74 Å². The number of methoxy groups -OCH3 is 1. The van der Waals surface area contributed by atoms with Gasteiger partial charge in [-0.15, -0.1) is 0 Å². The van der Waals surface area contributed by atoms with Gasteiger partial charge in [-0.25, -0.2) is 4.98 Å². The molecule has 0 saturated heterocycles. The molecule has 5 nitrogen and oxygen atoms in total. The number of nitrogens with one attached hydrogen (secondary N) is 2. The number of quaternary nitrogens is 1. The van der Waals surface area contributed by atoms with E-state index < -0.39 is 0 Å². The number of benzene rings is 2. The fourth-order valence-corrected chi connectivity index (χ4v) is 4.89. The lowest BCUT2D eigenvalue weighted by Crippen LogP contribution is -3.10. The van der Waals surface area contributed by atoms with Crippen molar-refractivity contribution in [3.63, 3.8) is 0 Å². The fourth-order valence-electron chi connectivity index (χ4n) is 3.39. The molecular formula is C21H21BrN3O2S+. The van der Waals surface area contributed by atoms with Crippen molar-refractivity contribution < 1.29 is 14.4 Å². The molecule has 144 valence electrons. The highest BCUT2D eigenvalue weighted by molar-refractivity contribution is 9.10. The van der Waals surface area contributed by atoms with Crippen LogP contribution < -0.4 is 15.0 Å². The minimum absolute atomic E-state index is 0.189. The summed E-state index contributed by atoms with van der Waals surface area (Å²) in [6.45, 7) is 3.01. The highest BCUT2D eigenvalue weighted by Gasteiger charge is 2.24. The van der Waals surface area contributed by atoms with Crippen molar-refractivity contribution in [3.8, 4) is 5.75 Å². The van der Waals surface area contributed by atoms with Crippen molar-refractivity contribution in [2.75, 3.05) is 19.0 Å². The van der Waals surface area contributed by atoms with Crippen molar-refractivity contribution in [1.82, 2.24) is 4.98 Å². The number of carbonyl (C=O) groups is 1. The van der Waals surface area contributed by atoms with Crippen LogP contribution in [0.15, 0.2) is 53.0 Å². The number of carbonyl (C=O) groups excluding carboxylic acids is 1. The topological polar surface area (TPSA) is 55.7 Å². The molecule has 1 atom stereocenters. The SMILES string of the molecule is COc1ccc(Br)c(C(=O)Nc2nc3c(s2)C[NH+](Cc2ccccc2)CC3)c1. The predicted molar refractivity (Wildman–Crippen MR) is 114 cm³/mol. The molecule has 1 aliphatic rings. The number of hydrogen-bond donors (Lipinski definition) is 2. The third kappa shape index (κ3) is 4.27. The number of aromatic nitrogens is 1. The standard InChI is InChI=1S/C21H20BrN3O2S/c1-27-15-7-8-17(22)16(11-15)20(26)24-21-23-18-9-10-25(13-19(18)28-21)12-14-5-3-2-4-6-14/h2-8,11H,9-10,12-13H2,1H3,(H,23,24,26)/p+1. The minimum Gasteiger partial charge on any atom is -0.497 e. The summed E-state index contributed by atoms with van der Waals surface area (Å²) in [6.07, 6.45) is 0.937. The summed E-state index contributed by atoms with van der Waals surface area (Å²) in [6, 6.07) is 15.9. The Labute approximate surface area is 176 Å². The zero-order valence-corrected chi connectivity index (χ0v) is 17.9. The van der Waals surface area contributed by atoms with Crippen molar-refractivity contribution in [2.45, 2.75) is 19.5 Å². The number of halogens is 1. The van der Waals surface area contributed by atoms with Crippen LogP contribution in [0.4, 0.5) is 5.13 Å². The molecule has 7 heteroatoms. The molecule has 0 fully saturated rings. The van der Waals surface area contributed by atoms with E-state index in [1.165, 1.54) is 15.3 Å². The normalized spacial score (nSPS) is 15.7. The molecule has 2 N–H and O–H groups in total. The van der Waals surface area contributed by atoms with Crippen molar-refractivity contribution in [1.29, 1.82) is 0 Å². The molecule has 0 spiro atoms. The summed E-state index contributed by atoms with van der Waals surface area (Å²) >= 11 is 5.01. The van der Waals surface area contributed by atoms with Gasteiger partial charge in [0.1, 0.15) is 18.8 Å². The Hall–Kier alpha value is -2.22. The van der Waals surface area contributed by atoms with Gasteiger partial charge in [-0.05, 0) is 34.1 Å². The Kier molecular flexibility index (Phi) is 5.75. The van der Waals surface area contributed by atoms with Crippen LogP contribution >= 0.6 is 27.3 Å². The number of amides is 1. The Morgan fingerprint density at radius 2 is 2.11 bits per heavy atom. The monoisotopic (exact) mass is 458 g/mol. The maximum atomic E-state index is 12.7. The molecule has 0 bridgehead atoms. The van der Waals surface area contributed by atoms with Crippen LogP contribution in [0.3, 0.4) is 0 Å². The highest BCUT2D eigenvalue weighted by Crippen LogP contribution is 2.27. The minimum atomic E-state index is -0.189. The van der Waals surface area contributed by atoms with E-state index in [2.05, 4.69) is 50.5 Å². The van der Waals surface area contributed by atoms with E-state index in [9.17, 15) is 4.79 Å². The van der Waals surface area contributed by atoms with Gasteiger partial charge in [0.15, 0.2) is 5.13 Å². The molecule has 28 heavy (non-hydrogen) atoms. The number of anilines is 1. The van der Waals surface area contributed by atoms with Gasteiger partial charge >= 0.3 is 0 Å². The Balaban J connectivity index is 1.45. The van der Waals surface area contributed by atoms with Crippen LogP contribution in [0.5, 0.6) is 5.75 Å². The molecule has 1 aliphatic heterocycles. The molecule has 1 unspecified atom stereocenters. The first-order valence-electron chi connectivity index (χ1n) is 9.13. The average molecular weight is 459 g/mol. The van der Waals surface area contributed by atoms with Crippen LogP contribution in [0, 0.1) is 0 Å². The molecule has 0 aliphatic carbocycles. The zero-order chi connectivity index (χ0) is 19.5. The van der Waals surface area contributed by atoms with Gasteiger partial charge in [0.25, 0.3) is 5.91 Å². The number of nitrogens with zero attached hydrogens (tertiary/aromatic N) is 1. The van der Waals surface area contributed by atoms with Gasteiger partial charge in [-0.2, -0.15) is 0 Å². The molecule has 2 heterocycles. The Morgan fingerprint density at radius 3 is 2.89 bits per heavy atom. The number of ether oxygens (including phenoxy) is 1. The van der Waals surface area contributed by atoms with E-state index >= 15 is 0 Å². The first-order valence-corrected chi connectivity index (χ1v) is 10.7. The van der Waals surface area contributed by atoms with E-state index in [0.717, 1.165) is 36.2 Å². The van der Waals surface area contributed by atoms with E-state index in [0.29, 0.717) is 16.4 Å². The number of rotatable bonds is 5. The first kappa shape index (κ1) is 19.1. The first-order chi connectivity index (χ1) is 13.6. The number of hydrogen-bond acceptors (Lipinski definition) is 4. The molecule has 0 saturated carbocycles. The second-order valence-corrected chi connectivity index (χ2v) is 8.72. The maximum Gasteiger partial charge on any atom is 0.258 e. The second kappa shape index (κ2) is 8.43. The van der Waals surface area contributed by atoms with Gasteiger partial charge < -0.3 is 9.64 Å². The molecule has 3 aromatic rings. The lowest BCUT2D eigenvalue weighted by Gasteiger charge is -2.22. The quantitative estimate of drug-likeness (QED) is 0.616. The third-order valence-electron chi connectivity index (χ3n) is 4.84. The largest absolute Gasteiger partial charge is 0.497 e. The lowest BCUT2D eigenvalue weighted by molar-refractivity contribution is -0.929. The third-order valence-corrected chi connectivity index (χ3v) is 6.54. The smallest absolute Gasteiger partial charge is 0.258 e. The summed E-state index contributed by atoms with van der Waals surface area (Å²) in [4.78, 5) is 20.1. The van der Waals surface area contributed by atoms with Crippen LogP contribution in [0.1, 0.15) is 26.5 Å². The van der Waals surface area contributed by atoms with Gasteiger partial charge in [0.05, 0.1) is 29.8 Å². The summed E-state index contributed by atoms with van der Waals surface area (Å²) in [5, 5.41) is 3.60. The van der Waals surface area contributed by atoms with Crippen LogP contribution in [-0.2, 0) is 19.5 Å². The summed E-state index contributed by atoms with van der Waals surface area (Å²) in [5.74, 6) is 0.456. The number of thiazole rings is 1. The van der Waals surface area contributed by atoms with Crippen molar-refractivity contribution in [3.05, 3.63) is 74.7 Å². The fraction of sp³-hybridized carbons (Fsp3) is 0.238. The van der Waals surface area contributed by atoms with Crippen LogP contribution in [0.25, 0.3) is 0 Å². The Morgan fingerprint density at radius 1 is 1.29 bits per heavy atom. The molecule has 4 rings (SSSR count). The predicted octanol–water partition coefficient (Wildman–Crippen LogP) is 3.31. The Bertz CT molecular complexity index is 991. The molecule has 0 radical (unpaired) electrons.